The fraction of sp³-hybridized carbons (Fsp3) is 0.429. The Morgan fingerprint density at radius 1 is 1.35 bits per heavy atom. The van der Waals surface area contributed by atoms with Crippen LogP contribution in [0.25, 0.3) is 0 Å². The first-order valence-corrected chi connectivity index (χ1v) is 6.42. The second-order valence-corrected chi connectivity index (χ2v) is 4.19. The number of methoxy groups -OCH3 is 1. The van der Waals surface area contributed by atoms with E-state index in [9.17, 15) is 14.0 Å². The molecule has 0 fully saturated rings. The van der Waals surface area contributed by atoms with Gasteiger partial charge in [-0.1, -0.05) is 6.07 Å². The van der Waals surface area contributed by atoms with E-state index in [2.05, 4.69) is 15.4 Å². The highest BCUT2D eigenvalue weighted by Crippen LogP contribution is 2.11. The standard InChI is InChI=1S/C14H19FN2O3/c1-3-17-13(18)6-7-16-9-10-4-5-11(12(15)8-10)14(19)20-2/h4-5,8,16H,3,6-7,9H2,1-2H3,(H,17,18). The van der Waals surface area contributed by atoms with Gasteiger partial charge in [-0.2, -0.15) is 0 Å². The second kappa shape index (κ2) is 8.27. The number of carbonyl (C=O) groups is 2. The maximum atomic E-state index is 13.6. The van der Waals surface area contributed by atoms with Gasteiger partial charge in [-0.05, 0) is 24.6 Å². The largest absolute Gasteiger partial charge is 0.465 e. The highest BCUT2D eigenvalue weighted by molar-refractivity contribution is 5.89. The number of nitrogens with one attached hydrogen (secondary N) is 2. The molecular formula is C14H19FN2O3. The minimum Gasteiger partial charge on any atom is -0.465 e. The molecule has 1 rings (SSSR count). The number of carbonyl (C=O) groups excluding carboxylic acids is 2. The van der Waals surface area contributed by atoms with Gasteiger partial charge in [-0.15, -0.1) is 0 Å². The highest BCUT2D eigenvalue weighted by Gasteiger charge is 2.12. The lowest BCUT2D eigenvalue weighted by Gasteiger charge is -2.07. The quantitative estimate of drug-likeness (QED) is 0.583. The van der Waals surface area contributed by atoms with Crippen molar-refractivity contribution < 1.29 is 18.7 Å². The van der Waals surface area contributed by atoms with Crippen molar-refractivity contribution >= 4 is 11.9 Å². The van der Waals surface area contributed by atoms with Gasteiger partial charge in [0.1, 0.15) is 5.82 Å². The summed E-state index contributed by atoms with van der Waals surface area (Å²) in [6, 6.07) is 4.32. The van der Waals surface area contributed by atoms with E-state index in [0.29, 0.717) is 31.6 Å². The molecule has 110 valence electrons. The van der Waals surface area contributed by atoms with Gasteiger partial charge < -0.3 is 15.4 Å². The molecule has 1 amide bonds. The zero-order valence-corrected chi connectivity index (χ0v) is 11.7. The summed E-state index contributed by atoms with van der Waals surface area (Å²) in [6.07, 6.45) is 0.372. The molecule has 0 saturated carbocycles. The molecule has 0 aliphatic rings. The van der Waals surface area contributed by atoms with E-state index in [1.54, 1.807) is 6.07 Å². The predicted molar refractivity (Wildman–Crippen MR) is 72.7 cm³/mol. The Morgan fingerprint density at radius 3 is 2.70 bits per heavy atom. The fourth-order valence-corrected chi connectivity index (χ4v) is 1.66. The van der Waals surface area contributed by atoms with Crippen molar-refractivity contribution in [3.05, 3.63) is 35.1 Å². The van der Waals surface area contributed by atoms with E-state index in [1.165, 1.54) is 19.2 Å². The average Bonchev–Trinajstić information content (AvgIpc) is 2.43. The van der Waals surface area contributed by atoms with Crippen LogP contribution in [0.1, 0.15) is 29.3 Å². The molecule has 0 aliphatic carbocycles. The molecule has 0 unspecified atom stereocenters. The molecule has 0 bridgehead atoms. The Morgan fingerprint density at radius 2 is 2.10 bits per heavy atom. The van der Waals surface area contributed by atoms with Gasteiger partial charge in [0.25, 0.3) is 0 Å². The van der Waals surface area contributed by atoms with Crippen molar-refractivity contribution in [1.29, 1.82) is 0 Å². The molecule has 0 spiro atoms. The summed E-state index contributed by atoms with van der Waals surface area (Å²) in [5.41, 5.74) is 0.615. The zero-order chi connectivity index (χ0) is 15.0. The number of hydrogen-bond donors (Lipinski definition) is 2. The molecule has 0 aromatic heterocycles. The van der Waals surface area contributed by atoms with Crippen molar-refractivity contribution in [3.63, 3.8) is 0 Å². The zero-order valence-electron chi connectivity index (χ0n) is 11.7. The molecule has 2 N–H and O–H groups in total. The van der Waals surface area contributed by atoms with Crippen LogP contribution in [0.2, 0.25) is 0 Å². The van der Waals surface area contributed by atoms with Gasteiger partial charge >= 0.3 is 5.97 Å². The molecule has 0 saturated heterocycles. The summed E-state index contributed by atoms with van der Waals surface area (Å²) in [5.74, 6) is -1.33. The van der Waals surface area contributed by atoms with E-state index >= 15 is 0 Å². The minimum absolute atomic E-state index is 0.0211. The van der Waals surface area contributed by atoms with Crippen LogP contribution < -0.4 is 10.6 Å². The average molecular weight is 282 g/mol. The molecule has 5 nitrogen and oxygen atoms in total. The van der Waals surface area contributed by atoms with Crippen molar-refractivity contribution in [1.82, 2.24) is 10.6 Å². The van der Waals surface area contributed by atoms with E-state index < -0.39 is 11.8 Å². The van der Waals surface area contributed by atoms with Crippen LogP contribution in [0.5, 0.6) is 0 Å². The van der Waals surface area contributed by atoms with Crippen LogP contribution in [0.15, 0.2) is 18.2 Å². The van der Waals surface area contributed by atoms with Crippen molar-refractivity contribution in [2.24, 2.45) is 0 Å². The number of halogens is 1. The highest BCUT2D eigenvalue weighted by atomic mass is 19.1. The minimum atomic E-state index is -0.696. The lowest BCUT2D eigenvalue weighted by Crippen LogP contribution is -2.27. The van der Waals surface area contributed by atoms with E-state index in [-0.39, 0.29) is 11.5 Å². The predicted octanol–water partition coefficient (Wildman–Crippen LogP) is 1.23. The number of esters is 1. The van der Waals surface area contributed by atoms with Crippen molar-refractivity contribution in [3.8, 4) is 0 Å². The number of rotatable bonds is 7. The molecule has 0 heterocycles. The lowest BCUT2D eigenvalue weighted by molar-refractivity contribution is -0.120. The van der Waals surface area contributed by atoms with Crippen LogP contribution in [0.3, 0.4) is 0 Å². The Bertz CT molecular complexity index is 477. The van der Waals surface area contributed by atoms with Gasteiger partial charge in [0, 0.05) is 26.1 Å². The van der Waals surface area contributed by atoms with Gasteiger partial charge in [0.15, 0.2) is 0 Å². The van der Waals surface area contributed by atoms with Gasteiger partial charge in [0.2, 0.25) is 5.91 Å². The number of amides is 1. The molecule has 0 aliphatic heterocycles. The Kier molecular flexibility index (Phi) is 6.66. The number of ether oxygens (including phenoxy) is 1. The van der Waals surface area contributed by atoms with E-state index in [1.807, 2.05) is 6.92 Å². The molecule has 0 atom stereocenters. The lowest BCUT2D eigenvalue weighted by atomic mass is 10.1. The monoisotopic (exact) mass is 282 g/mol. The first-order valence-electron chi connectivity index (χ1n) is 6.42. The first-order chi connectivity index (χ1) is 9.58. The third-order valence-electron chi connectivity index (χ3n) is 2.67. The molecule has 6 heteroatoms. The summed E-state index contributed by atoms with van der Waals surface area (Å²) < 4.78 is 18.1. The third kappa shape index (κ3) is 4.97. The Hall–Kier alpha value is -1.95. The van der Waals surface area contributed by atoms with Crippen LogP contribution in [0.4, 0.5) is 4.39 Å². The van der Waals surface area contributed by atoms with Gasteiger partial charge in [0.05, 0.1) is 12.7 Å². The molecule has 1 aromatic rings. The number of hydrogen-bond acceptors (Lipinski definition) is 4. The number of benzene rings is 1. The Balaban J connectivity index is 2.44. The molecule has 20 heavy (non-hydrogen) atoms. The smallest absolute Gasteiger partial charge is 0.340 e. The van der Waals surface area contributed by atoms with E-state index in [4.69, 9.17) is 0 Å². The summed E-state index contributed by atoms with van der Waals surface area (Å²) in [5, 5.41) is 5.73. The Labute approximate surface area is 117 Å². The van der Waals surface area contributed by atoms with Crippen molar-refractivity contribution in [2.75, 3.05) is 20.2 Å². The third-order valence-corrected chi connectivity index (χ3v) is 2.67. The molecule has 1 aromatic carbocycles. The first kappa shape index (κ1) is 16.1. The summed E-state index contributed by atoms with van der Waals surface area (Å²) in [4.78, 5) is 22.4. The summed E-state index contributed by atoms with van der Waals surface area (Å²) in [6.45, 7) is 3.40. The maximum absolute atomic E-state index is 13.6. The topological polar surface area (TPSA) is 67.4 Å². The normalized spacial score (nSPS) is 10.2. The summed E-state index contributed by atoms with van der Waals surface area (Å²) in [7, 11) is 1.21. The van der Waals surface area contributed by atoms with Crippen LogP contribution in [-0.2, 0) is 16.1 Å². The van der Waals surface area contributed by atoms with E-state index in [0.717, 1.165) is 0 Å². The van der Waals surface area contributed by atoms with Gasteiger partial charge in [-0.3, -0.25) is 4.79 Å². The van der Waals surface area contributed by atoms with Crippen LogP contribution in [-0.4, -0.2) is 32.1 Å². The molecule has 0 radical (unpaired) electrons. The fourth-order valence-electron chi connectivity index (χ4n) is 1.66. The van der Waals surface area contributed by atoms with Crippen LogP contribution in [0, 0.1) is 5.82 Å². The SMILES string of the molecule is CCNC(=O)CCNCc1ccc(C(=O)OC)c(F)c1. The van der Waals surface area contributed by atoms with Gasteiger partial charge in [-0.25, -0.2) is 9.18 Å². The second-order valence-electron chi connectivity index (χ2n) is 4.19. The maximum Gasteiger partial charge on any atom is 0.340 e. The molecular weight excluding hydrogens is 263 g/mol. The van der Waals surface area contributed by atoms with Crippen molar-refractivity contribution in [2.45, 2.75) is 19.9 Å². The van der Waals surface area contributed by atoms with Crippen LogP contribution >= 0.6 is 0 Å². The summed E-state index contributed by atoms with van der Waals surface area (Å²) >= 11 is 0.